The lowest BCUT2D eigenvalue weighted by molar-refractivity contribution is 0.295. The zero-order valence-corrected chi connectivity index (χ0v) is 11.5. The molecule has 0 radical (unpaired) electrons. The summed E-state index contributed by atoms with van der Waals surface area (Å²) < 4.78 is 12.5. The maximum Gasteiger partial charge on any atom is 0.244 e. The van der Waals surface area contributed by atoms with Crippen molar-refractivity contribution in [3.05, 3.63) is 53.4 Å². The third-order valence-corrected chi connectivity index (χ3v) is 3.03. The molecule has 0 fully saturated rings. The fraction of sp³-hybridized carbons (Fsp3) is 0.143. The van der Waals surface area contributed by atoms with E-state index in [2.05, 4.69) is 10.1 Å². The predicted octanol–water partition coefficient (Wildman–Crippen LogP) is 2.97. The lowest BCUT2D eigenvalue weighted by Gasteiger charge is -2.08. The number of halogens is 1. The van der Waals surface area contributed by atoms with Crippen molar-refractivity contribution in [2.24, 2.45) is 0 Å². The molecule has 0 atom stereocenters. The largest absolute Gasteiger partial charge is 0.497 e. The summed E-state index contributed by atoms with van der Waals surface area (Å²) >= 11 is 5.86. The molecular weight excluding hydrogens is 278 g/mol. The molecule has 5 nitrogen and oxygen atoms in total. The summed E-state index contributed by atoms with van der Waals surface area (Å²) in [6.07, 6.45) is 1.79. The Labute approximate surface area is 120 Å². The first kappa shape index (κ1) is 12.7. The molecule has 1 aromatic carbocycles. The molecule has 0 spiro atoms. The minimum atomic E-state index is 0.151. The van der Waals surface area contributed by atoms with E-state index >= 15 is 0 Å². The summed E-state index contributed by atoms with van der Waals surface area (Å²) in [6.45, 7) is 0.401. The van der Waals surface area contributed by atoms with Crippen LogP contribution in [0.3, 0.4) is 0 Å². The van der Waals surface area contributed by atoms with E-state index in [4.69, 9.17) is 21.1 Å². The van der Waals surface area contributed by atoms with E-state index in [9.17, 15) is 0 Å². The van der Waals surface area contributed by atoms with Crippen LogP contribution < -0.4 is 9.47 Å². The summed E-state index contributed by atoms with van der Waals surface area (Å²) in [7, 11) is 1.64. The molecule has 0 saturated carbocycles. The Hall–Kier alpha value is -2.27. The molecule has 102 valence electrons. The fourth-order valence-corrected chi connectivity index (χ4v) is 2.02. The number of aromatic nitrogens is 3. The van der Waals surface area contributed by atoms with E-state index < -0.39 is 0 Å². The quantitative estimate of drug-likeness (QED) is 0.741. The molecule has 0 amide bonds. The van der Waals surface area contributed by atoms with Gasteiger partial charge < -0.3 is 9.47 Å². The number of benzene rings is 1. The van der Waals surface area contributed by atoms with Crippen molar-refractivity contribution in [3.8, 4) is 11.6 Å². The van der Waals surface area contributed by atoms with Crippen molar-refractivity contribution < 1.29 is 9.47 Å². The number of rotatable bonds is 4. The van der Waals surface area contributed by atoms with Crippen LogP contribution in [0, 0.1) is 0 Å². The first-order chi connectivity index (χ1) is 9.76. The molecule has 6 heteroatoms. The minimum absolute atomic E-state index is 0.151. The highest BCUT2D eigenvalue weighted by atomic mass is 35.5. The van der Waals surface area contributed by atoms with Crippen LogP contribution in [0.25, 0.3) is 5.52 Å². The second-order valence-corrected chi connectivity index (χ2v) is 4.50. The second kappa shape index (κ2) is 5.38. The zero-order valence-electron chi connectivity index (χ0n) is 10.8. The zero-order chi connectivity index (χ0) is 13.9. The van der Waals surface area contributed by atoms with Crippen molar-refractivity contribution in [1.82, 2.24) is 14.6 Å². The molecule has 0 unspecified atom stereocenters. The minimum Gasteiger partial charge on any atom is -0.497 e. The molecule has 0 aliphatic heterocycles. The lowest BCUT2D eigenvalue weighted by Crippen LogP contribution is -2.02. The SMILES string of the molecule is COc1ccc(COc2nc(Cl)nn3cccc23)cc1. The number of fused-ring (bicyclic) bond motifs is 1. The monoisotopic (exact) mass is 289 g/mol. The molecule has 2 heterocycles. The number of hydrogen-bond donors (Lipinski definition) is 0. The molecule has 0 saturated heterocycles. The summed E-state index contributed by atoms with van der Waals surface area (Å²) in [5.74, 6) is 1.28. The van der Waals surface area contributed by atoms with Gasteiger partial charge in [-0.25, -0.2) is 4.52 Å². The molecule has 3 aromatic rings. The standard InChI is InChI=1S/C14H12ClN3O2/c1-19-11-6-4-10(5-7-11)9-20-13-12-3-2-8-18(12)17-14(15)16-13/h2-8H,9H2,1H3. The number of hydrogen-bond acceptors (Lipinski definition) is 4. The highest BCUT2D eigenvalue weighted by molar-refractivity contribution is 6.28. The van der Waals surface area contributed by atoms with Crippen LogP contribution in [0.1, 0.15) is 5.56 Å². The maximum atomic E-state index is 5.86. The Kier molecular flexibility index (Phi) is 3.43. The van der Waals surface area contributed by atoms with Crippen molar-refractivity contribution in [2.75, 3.05) is 7.11 Å². The van der Waals surface area contributed by atoms with Gasteiger partial charge in [-0.3, -0.25) is 0 Å². The Morgan fingerprint density at radius 2 is 2.00 bits per heavy atom. The average molecular weight is 290 g/mol. The smallest absolute Gasteiger partial charge is 0.244 e. The first-order valence-electron chi connectivity index (χ1n) is 6.03. The molecule has 20 heavy (non-hydrogen) atoms. The third kappa shape index (κ3) is 2.53. The van der Waals surface area contributed by atoms with E-state index in [0.717, 1.165) is 16.8 Å². The van der Waals surface area contributed by atoms with Crippen molar-refractivity contribution in [1.29, 1.82) is 0 Å². The lowest BCUT2D eigenvalue weighted by atomic mass is 10.2. The number of methoxy groups -OCH3 is 1. The molecule has 0 aliphatic carbocycles. The highest BCUT2D eigenvalue weighted by Crippen LogP contribution is 2.20. The summed E-state index contributed by atoms with van der Waals surface area (Å²) in [4.78, 5) is 4.11. The van der Waals surface area contributed by atoms with Gasteiger partial charge in [0.2, 0.25) is 11.2 Å². The van der Waals surface area contributed by atoms with Gasteiger partial charge in [-0.2, -0.15) is 4.98 Å². The van der Waals surface area contributed by atoms with Gasteiger partial charge in [-0.05, 0) is 41.4 Å². The van der Waals surface area contributed by atoms with Crippen LogP contribution in [0.15, 0.2) is 42.6 Å². The second-order valence-electron chi connectivity index (χ2n) is 4.16. The molecular formula is C14H12ClN3O2. The molecule has 2 aromatic heterocycles. The molecule has 0 bridgehead atoms. The fourth-order valence-electron chi connectivity index (χ4n) is 1.86. The van der Waals surface area contributed by atoms with E-state index in [1.165, 1.54) is 0 Å². The summed E-state index contributed by atoms with van der Waals surface area (Å²) in [5.41, 5.74) is 1.80. The summed E-state index contributed by atoms with van der Waals surface area (Å²) in [5, 5.41) is 4.20. The Morgan fingerprint density at radius 1 is 1.20 bits per heavy atom. The normalized spacial score (nSPS) is 10.7. The molecule has 0 N–H and O–H groups in total. The number of nitrogens with zero attached hydrogens (tertiary/aromatic N) is 3. The van der Waals surface area contributed by atoms with E-state index in [-0.39, 0.29) is 5.28 Å². The van der Waals surface area contributed by atoms with Crippen LogP contribution in [-0.2, 0) is 6.61 Å². The molecule has 3 rings (SSSR count). The van der Waals surface area contributed by atoms with Gasteiger partial charge in [-0.15, -0.1) is 5.10 Å². The number of ether oxygens (including phenoxy) is 2. The summed E-state index contributed by atoms with van der Waals surface area (Å²) in [6, 6.07) is 11.4. The topological polar surface area (TPSA) is 48.7 Å². The van der Waals surface area contributed by atoms with Crippen LogP contribution in [0.4, 0.5) is 0 Å². The van der Waals surface area contributed by atoms with Gasteiger partial charge in [0.05, 0.1) is 7.11 Å². The Balaban J connectivity index is 1.80. The van der Waals surface area contributed by atoms with Crippen LogP contribution in [-0.4, -0.2) is 21.7 Å². The van der Waals surface area contributed by atoms with Crippen LogP contribution in [0.5, 0.6) is 11.6 Å². The van der Waals surface area contributed by atoms with Crippen molar-refractivity contribution in [3.63, 3.8) is 0 Å². The predicted molar refractivity (Wildman–Crippen MR) is 75.3 cm³/mol. The van der Waals surface area contributed by atoms with Gasteiger partial charge in [0.15, 0.2) is 0 Å². The van der Waals surface area contributed by atoms with Crippen molar-refractivity contribution >= 4 is 17.1 Å². The third-order valence-electron chi connectivity index (χ3n) is 2.87. The van der Waals surface area contributed by atoms with E-state index in [1.807, 2.05) is 36.4 Å². The van der Waals surface area contributed by atoms with Crippen LogP contribution in [0.2, 0.25) is 5.28 Å². The van der Waals surface area contributed by atoms with Gasteiger partial charge in [-0.1, -0.05) is 12.1 Å². The van der Waals surface area contributed by atoms with Crippen molar-refractivity contribution in [2.45, 2.75) is 6.61 Å². The Bertz CT molecular complexity index is 725. The maximum absolute atomic E-state index is 5.86. The first-order valence-corrected chi connectivity index (χ1v) is 6.41. The Morgan fingerprint density at radius 3 is 2.75 bits per heavy atom. The molecule has 0 aliphatic rings. The van der Waals surface area contributed by atoms with Gasteiger partial charge >= 0.3 is 0 Å². The van der Waals surface area contributed by atoms with Gasteiger partial charge in [0, 0.05) is 6.20 Å². The van der Waals surface area contributed by atoms with Gasteiger partial charge in [0.1, 0.15) is 17.9 Å². The van der Waals surface area contributed by atoms with E-state index in [0.29, 0.717) is 12.5 Å². The van der Waals surface area contributed by atoms with Crippen LogP contribution >= 0.6 is 11.6 Å². The highest BCUT2D eigenvalue weighted by Gasteiger charge is 2.07. The average Bonchev–Trinajstić information content (AvgIpc) is 2.93. The van der Waals surface area contributed by atoms with Gasteiger partial charge in [0.25, 0.3) is 0 Å². The van der Waals surface area contributed by atoms with E-state index in [1.54, 1.807) is 17.8 Å².